The quantitative estimate of drug-likeness (QED) is 0.565. The van der Waals surface area contributed by atoms with Crippen LogP contribution in [0.4, 0.5) is 11.6 Å². The molecule has 1 aliphatic rings. The summed E-state index contributed by atoms with van der Waals surface area (Å²) in [5.74, 6) is 2.80. The van der Waals surface area contributed by atoms with Gasteiger partial charge in [-0.15, -0.1) is 6.58 Å². The predicted octanol–water partition coefficient (Wildman–Crippen LogP) is 4.58. The molecule has 0 spiro atoms. The van der Waals surface area contributed by atoms with E-state index < -0.39 is 0 Å². The molecule has 30 heavy (non-hydrogen) atoms. The van der Waals surface area contributed by atoms with E-state index in [0.29, 0.717) is 11.9 Å². The Morgan fingerprint density at radius 2 is 1.87 bits per heavy atom. The molecule has 0 saturated carbocycles. The first-order valence-corrected chi connectivity index (χ1v) is 10.3. The number of aromatic nitrogens is 2. The van der Waals surface area contributed by atoms with E-state index in [0.717, 1.165) is 60.9 Å². The van der Waals surface area contributed by atoms with E-state index in [2.05, 4.69) is 26.8 Å². The maximum absolute atomic E-state index is 6.25. The fourth-order valence-corrected chi connectivity index (χ4v) is 3.82. The van der Waals surface area contributed by atoms with Gasteiger partial charge in [-0.05, 0) is 49.2 Å². The largest absolute Gasteiger partial charge is 0.457 e. The standard InChI is InChI=1S/C24H27N5O/c1-2-14-29-15-6-7-19(16-29)28-24-22(23(25)26-17-27-24)18-10-12-21(13-11-18)30-20-8-4-3-5-9-20/h2-5,8-13,17,19H,1,6-7,14-16H2,(H3,25,26,27,28)/t19-/m1/s1. The van der Waals surface area contributed by atoms with Gasteiger partial charge in [0, 0.05) is 19.1 Å². The molecule has 0 amide bonds. The van der Waals surface area contributed by atoms with Crippen molar-refractivity contribution in [3.05, 3.63) is 73.6 Å². The molecule has 154 valence electrons. The smallest absolute Gasteiger partial charge is 0.139 e. The Bertz CT molecular complexity index is 975. The molecule has 6 heteroatoms. The van der Waals surface area contributed by atoms with Crippen molar-refractivity contribution in [3.8, 4) is 22.6 Å². The lowest BCUT2D eigenvalue weighted by molar-refractivity contribution is 0.237. The molecule has 6 nitrogen and oxygen atoms in total. The van der Waals surface area contributed by atoms with Crippen molar-refractivity contribution in [1.82, 2.24) is 14.9 Å². The summed E-state index contributed by atoms with van der Waals surface area (Å²) in [6.45, 7) is 6.82. The van der Waals surface area contributed by atoms with Crippen LogP contribution in [0.25, 0.3) is 11.1 Å². The number of nitrogens with one attached hydrogen (secondary N) is 1. The predicted molar refractivity (Wildman–Crippen MR) is 122 cm³/mol. The van der Waals surface area contributed by atoms with Gasteiger partial charge in [0.05, 0.1) is 5.56 Å². The summed E-state index contributed by atoms with van der Waals surface area (Å²) in [5, 5.41) is 3.59. The van der Waals surface area contributed by atoms with Crippen LogP contribution in [0.15, 0.2) is 73.6 Å². The van der Waals surface area contributed by atoms with Gasteiger partial charge in [-0.25, -0.2) is 9.97 Å². The summed E-state index contributed by atoms with van der Waals surface area (Å²) in [7, 11) is 0. The van der Waals surface area contributed by atoms with Crippen LogP contribution < -0.4 is 15.8 Å². The second-order valence-corrected chi connectivity index (χ2v) is 7.45. The van der Waals surface area contributed by atoms with Crippen molar-refractivity contribution in [2.24, 2.45) is 0 Å². The number of benzene rings is 2. The van der Waals surface area contributed by atoms with E-state index in [1.165, 1.54) is 6.33 Å². The van der Waals surface area contributed by atoms with Gasteiger partial charge in [0.25, 0.3) is 0 Å². The molecule has 1 atom stereocenters. The van der Waals surface area contributed by atoms with Crippen molar-refractivity contribution in [3.63, 3.8) is 0 Å². The van der Waals surface area contributed by atoms with Crippen LogP contribution in [0, 0.1) is 0 Å². The normalized spacial score (nSPS) is 16.7. The summed E-state index contributed by atoms with van der Waals surface area (Å²) in [6.07, 6.45) is 5.71. The summed E-state index contributed by atoms with van der Waals surface area (Å²) in [6, 6.07) is 17.9. The molecule has 0 radical (unpaired) electrons. The lowest BCUT2D eigenvalue weighted by atomic mass is 10.0. The lowest BCUT2D eigenvalue weighted by Crippen LogP contribution is -2.42. The Kier molecular flexibility index (Phi) is 6.25. The highest BCUT2D eigenvalue weighted by molar-refractivity contribution is 5.83. The summed E-state index contributed by atoms with van der Waals surface area (Å²) < 4.78 is 5.89. The third kappa shape index (κ3) is 4.78. The van der Waals surface area contributed by atoms with Gasteiger partial charge >= 0.3 is 0 Å². The monoisotopic (exact) mass is 401 g/mol. The van der Waals surface area contributed by atoms with Gasteiger partial charge in [-0.3, -0.25) is 4.90 Å². The molecule has 0 aliphatic carbocycles. The molecule has 1 aliphatic heterocycles. The number of nitrogens with zero attached hydrogens (tertiary/aromatic N) is 3. The van der Waals surface area contributed by atoms with Crippen LogP contribution in [0.3, 0.4) is 0 Å². The SMILES string of the molecule is C=CCN1CCC[C@@H](Nc2ncnc(N)c2-c2ccc(Oc3ccccc3)cc2)C1. The van der Waals surface area contributed by atoms with Crippen molar-refractivity contribution in [2.75, 3.05) is 30.7 Å². The summed E-state index contributed by atoms with van der Waals surface area (Å²) in [4.78, 5) is 11.1. The maximum atomic E-state index is 6.25. The third-order valence-electron chi connectivity index (χ3n) is 5.23. The first kappa shape index (κ1) is 19.9. The first-order valence-electron chi connectivity index (χ1n) is 10.3. The second kappa shape index (κ2) is 9.41. The van der Waals surface area contributed by atoms with E-state index in [1.807, 2.05) is 60.7 Å². The van der Waals surface area contributed by atoms with Gasteiger partial charge in [-0.1, -0.05) is 36.4 Å². The number of anilines is 2. The minimum absolute atomic E-state index is 0.312. The summed E-state index contributed by atoms with van der Waals surface area (Å²) >= 11 is 0. The molecule has 1 aromatic heterocycles. The van der Waals surface area contributed by atoms with Crippen LogP contribution in [-0.2, 0) is 0 Å². The van der Waals surface area contributed by atoms with Crippen LogP contribution in [0.1, 0.15) is 12.8 Å². The van der Waals surface area contributed by atoms with E-state index in [4.69, 9.17) is 10.5 Å². The Morgan fingerprint density at radius 3 is 2.63 bits per heavy atom. The van der Waals surface area contributed by atoms with Crippen molar-refractivity contribution in [1.29, 1.82) is 0 Å². The van der Waals surface area contributed by atoms with E-state index in [1.54, 1.807) is 0 Å². The molecule has 3 aromatic rings. The first-order chi connectivity index (χ1) is 14.7. The third-order valence-corrected chi connectivity index (χ3v) is 5.23. The topological polar surface area (TPSA) is 76.3 Å². The maximum Gasteiger partial charge on any atom is 0.139 e. The highest BCUT2D eigenvalue weighted by Gasteiger charge is 2.21. The Balaban J connectivity index is 1.53. The fraction of sp³-hybridized carbons (Fsp3) is 0.250. The fourth-order valence-electron chi connectivity index (χ4n) is 3.82. The van der Waals surface area contributed by atoms with E-state index >= 15 is 0 Å². The number of ether oxygens (including phenoxy) is 1. The molecule has 2 heterocycles. The van der Waals surface area contributed by atoms with Crippen molar-refractivity contribution in [2.45, 2.75) is 18.9 Å². The van der Waals surface area contributed by atoms with Gasteiger partial charge < -0.3 is 15.8 Å². The number of likely N-dealkylation sites (tertiary alicyclic amines) is 1. The average molecular weight is 402 g/mol. The van der Waals surface area contributed by atoms with Crippen LogP contribution in [0.2, 0.25) is 0 Å². The highest BCUT2D eigenvalue weighted by Crippen LogP contribution is 2.33. The number of rotatable bonds is 7. The number of para-hydroxylation sites is 1. The zero-order valence-electron chi connectivity index (χ0n) is 17.0. The van der Waals surface area contributed by atoms with Crippen molar-refractivity contribution < 1.29 is 4.74 Å². The zero-order valence-corrected chi connectivity index (χ0v) is 17.0. The molecule has 3 N–H and O–H groups in total. The van der Waals surface area contributed by atoms with Crippen LogP contribution in [0.5, 0.6) is 11.5 Å². The molecule has 0 bridgehead atoms. The number of nitrogen functional groups attached to an aromatic ring is 1. The van der Waals surface area contributed by atoms with Gasteiger partial charge in [0.1, 0.15) is 29.5 Å². The number of piperidine rings is 1. The number of hydrogen-bond acceptors (Lipinski definition) is 6. The molecule has 2 aromatic carbocycles. The molecular formula is C24H27N5O. The van der Waals surface area contributed by atoms with Gasteiger partial charge in [0.2, 0.25) is 0 Å². The molecule has 0 unspecified atom stereocenters. The lowest BCUT2D eigenvalue weighted by Gasteiger charge is -2.33. The van der Waals surface area contributed by atoms with Gasteiger partial charge in [0.15, 0.2) is 0 Å². The molecule has 4 rings (SSSR count). The molecule has 1 saturated heterocycles. The number of hydrogen-bond donors (Lipinski definition) is 2. The average Bonchev–Trinajstić information content (AvgIpc) is 2.76. The van der Waals surface area contributed by atoms with Crippen molar-refractivity contribution >= 4 is 11.6 Å². The van der Waals surface area contributed by atoms with Crippen LogP contribution in [-0.4, -0.2) is 40.5 Å². The Labute approximate surface area is 177 Å². The number of nitrogens with two attached hydrogens (primary N) is 1. The van der Waals surface area contributed by atoms with E-state index in [-0.39, 0.29) is 0 Å². The minimum Gasteiger partial charge on any atom is -0.457 e. The minimum atomic E-state index is 0.312. The highest BCUT2D eigenvalue weighted by atomic mass is 16.5. The van der Waals surface area contributed by atoms with E-state index in [9.17, 15) is 0 Å². The zero-order chi connectivity index (χ0) is 20.8. The van der Waals surface area contributed by atoms with Gasteiger partial charge in [-0.2, -0.15) is 0 Å². The molecular weight excluding hydrogens is 374 g/mol. The Morgan fingerprint density at radius 1 is 1.10 bits per heavy atom. The molecule has 1 fully saturated rings. The second-order valence-electron chi connectivity index (χ2n) is 7.45. The van der Waals surface area contributed by atoms with Crippen LogP contribution >= 0.6 is 0 Å². The Hall–Kier alpha value is -3.38. The summed E-state index contributed by atoms with van der Waals surface area (Å²) in [5.41, 5.74) is 8.03.